The third-order valence-electron chi connectivity index (χ3n) is 1.92. The standard InChI is InChI=1S/C11H13IO/c1-4-9-5-6-11(13-3)10(7-9)8(2)12/h4-8H,1H2,2-3H3. The summed E-state index contributed by atoms with van der Waals surface area (Å²) in [5.74, 6) is 0.951. The highest BCUT2D eigenvalue weighted by atomic mass is 127. The first kappa shape index (κ1) is 10.6. The molecule has 1 rings (SSSR count). The zero-order valence-corrected chi connectivity index (χ0v) is 10.0. The fraction of sp³-hybridized carbons (Fsp3) is 0.273. The van der Waals surface area contributed by atoms with Gasteiger partial charge in [-0.25, -0.2) is 0 Å². The second kappa shape index (κ2) is 4.65. The maximum atomic E-state index is 5.27. The van der Waals surface area contributed by atoms with E-state index >= 15 is 0 Å². The number of methoxy groups -OCH3 is 1. The molecule has 1 unspecified atom stereocenters. The molecule has 2 heteroatoms. The van der Waals surface area contributed by atoms with Gasteiger partial charge in [0.15, 0.2) is 0 Å². The van der Waals surface area contributed by atoms with E-state index in [4.69, 9.17) is 4.74 Å². The number of halogens is 1. The summed E-state index contributed by atoms with van der Waals surface area (Å²) >= 11 is 2.38. The van der Waals surface area contributed by atoms with Gasteiger partial charge in [-0.2, -0.15) is 0 Å². The van der Waals surface area contributed by atoms with E-state index in [1.54, 1.807) is 7.11 Å². The second-order valence-electron chi connectivity index (χ2n) is 2.82. The first-order chi connectivity index (χ1) is 6.19. The summed E-state index contributed by atoms with van der Waals surface area (Å²) in [6, 6.07) is 6.11. The Hall–Kier alpha value is -0.510. The molecule has 13 heavy (non-hydrogen) atoms. The van der Waals surface area contributed by atoms with E-state index in [9.17, 15) is 0 Å². The Labute approximate surface area is 92.9 Å². The van der Waals surface area contributed by atoms with Crippen LogP contribution < -0.4 is 4.74 Å². The van der Waals surface area contributed by atoms with Crippen molar-refractivity contribution in [2.75, 3.05) is 7.11 Å². The van der Waals surface area contributed by atoms with Crippen molar-refractivity contribution in [3.8, 4) is 5.75 Å². The van der Waals surface area contributed by atoms with Crippen LogP contribution >= 0.6 is 22.6 Å². The van der Waals surface area contributed by atoms with Gasteiger partial charge >= 0.3 is 0 Å². The van der Waals surface area contributed by atoms with Crippen LogP contribution in [0.25, 0.3) is 6.08 Å². The smallest absolute Gasteiger partial charge is 0.123 e. The lowest BCUT2D eigenvalue weighted by atomic mass is 10.1. The van der Waals surface area contributed by atoms with Gasteiger partial charge in [-0.1, -0.05) is 41.3 Å². The van der Waals surface area contributed by atoms with Crippen LogP contribution in [-0.4, -0.2) is 7.11 Å². The normalized spacial score (nSPS) is 12.2. The van der Waals surface area contributed by atoms with Crippen LogP contribution in [0.4, 0.5) is 0 Å². The number of rotatable bonds is 3. The zero-order valence-electron chi connectivity index (χ0n) is 7.88. The molecule has 0 aromatic heterocycles. The van der Waals surface area contributed by atoms with Crippen LogP contribution in [0.3, 0.4) is 0 Å². The highest BCUT2D eigenvalue weighted by Crippen LogP contribution is 2.31. The average Bonchev–Trinajstić information content (AvgIpc) is 2.16. The molecule has 0 fully saturated rings. The zero-order chi connectivity index (χ0) is 9.84. The van der Waals surface area contributed by atoms with Gasteiger partial charge in [-0.3, -0.25) is 0 Å². The third kappa shape index (κ3) is 2.46. The van der Waals surface area contributed by atoms with Gasteiger partial charge in [0.05, 0.1) is 7.11 Å². The molecule has 0 N–H and O–H groups in total. The van der Waals surface area contributed by atoms with E-state index in [-0.39, 0.29) is 0 Å². The minimum Gasteiger partial charge on any atom is -0.496 e. The monoisotopic (exact) mass is 288 g/mol. The minimum absolute atomic E-state index is 0.451. The lowest BCUT2D eigenvalue weighted by Crippen LogP contribution is -1.92. The molecule has 1 nitrogen and oxygen atoms in total. The van der Waals surface area contributed by atoms with Crippen molar-refractivity contribution in [1.29, 1.82) is 0 Å². The Morgan fingerprint density at radius 2 is 2.23 bits per heavy atom. The number of ether oxygens (including phenoxy) is 1. The van der Waals surface area contributed by atoms with Crippen LogP contribution in [0, 0.1) is 0 Å². The molecule has 0 heterocycles. The van der Waals surface area contributed by atoms with Crippen LogP contribution in [0.1, 0.15) is 22.0 Å². The molecule has 1 aromatic rings. The topological polar surface area (TPSA) is 9.23 Å². The molecular weight excluding hydrogens is 275 g/mol. The molecular formula is C11H13IO. The lowest BCUT2D eigenvalue weighted by molar-refractivity contribution is 0.410. The van der Waals surface area contributed by atoms with E-state index in [1.807, 2.05) is 18.2 Å². The molecule has 0 radical (unpaired) electrons. The van der Waals surface area contributed by atoms with Crippen molar-refractivity contribution < 1.29 is 4.74 Å². The third-order valence-corrected chi connectivity index (χ3v) is 2.59. The van der Waals surface area contributed by atoms with Crippen molar-refractivity contribution >= 4 is 28.7 Å². The van der Waals surface area contributed by atoms with Gasteiger partial charge in [0.25, 0.3) is 0 Å². The van der Waals surface area contributed by atoms with Gasteiger partial charge in [-0.05, 0) is 24.6 Å². The Kier molecular flexibility index (Phi) is 3.78. The highest BCUT2D eigenvalue weighted by Gasteiger charge is 2.07. The lowest BCUT2D eigenvalue weighted by Gasteiger charge is -2.11. The van der Waals surface area contributed by atoms with E-state index < -0.39 is 0 Å². The van der Waals surface area contributed by atoms with Crippen molar-refractivity contribution in [2.24, 2.45) is 0 Å². The molecule has 1 atom stereocenters. The Morgan fingerprint density at radius 3 is 2.69 bits per heavy atom. The quantitative estimate of drug-likeness (QED) is 0.606. The maximum Gasteiger partial charge on any atom is 0.123 e. The van der Waals surface area contributed by atoms with Gasteiger partial charge in [0.1, 0.15) is 5.75 Å². The summed E-state index contributed by atoms with van der Waals surface area (Å²) in [4.78, 5) is 0. The van der Waals surface area contributed by atoms with Gasteiger partial charge < -0.3 is 4.74 Å². The number of alkyl halides is 1. The fourth-order valence-corrected chi connectivity index (χ4v) is 1.68. The largest absolute Gasteiger partial charge is 0.496 e. The van der Waals surface area contributed by atoms with Crippen molar-refractivity contribution in [1.82, 2.24) is 0 Å². The molecule has 70 valence electrons. The van der Waals surface area contributed by atoms with Crippen molar-refractivity contribution in [3.05, 3.63) is 35.9 Å². The molecule has 0 spiro atoms. The predicted octanol–water partition coefficient (Wildman–Crippen LogP) is 3.83. The van der Waals surface area contributed by atoms with E-state index in [2.05, 4.69) is 42.2 Å². The molecule has 0 bridgehead atoms. The Balaban J connectivity index is 3.17. The Morgan fingerprint density at radius 1 is 1.54 bits per heavy atom. The van der Waals surface area contributed by atoms with E-state index in [1.165, 1.54) is 5.56 Å². The first-order valence-corrected chi connectivity index (χ1v) is 5.38. The van der Waals surface area contributed by atoms with Gasteiger partial charge in [0.2, 0.25) is 0 Å². The molecule has 0 saturated carbocycles. The van der Waals surface area contributed by atoms with Crippen LogP contribution in [0.15, 0.2) is 24.8 Å². The van der Waals surface area contributed by atoms with Crippen molar-refractivity contribution in [3.63, 3.8) is 0 Å². The summed E-state index contributed by atoms with van der Waals surface area (Å²) in [5.41, 5.74) is 2.36. The van der Waals surface area contributed by atoms with Gasteiger partial charge in [0, 0.05) is 9.49 Å². The summed E-state index contributed by atoms with van der Waals surface area (Å²) in [6.45, 7) is 5.89. The number of hydrogen-bond donors (Lipinski definition) is 0. The molecule has 0 aliphatic rings. The summed E-state index contributed by atoms with van der Waals surface area (Å²) in [6.07, 6.45) is 1.85. The minimum atomic E-state index is 0.451. The maximum absolute atomic E-state index is 5.27. The highest BCUT2D eigenvalue weighted by molar-refractivity contribution is 14.1. The van der Waals surface area contributed by atoms with Crippen LogP contribution in [-0.2, 0) is 0 Å². The average molecular weight is 288 g/mol. The van der Waals surface area contributed by atoms with Crippen molar-refractivity contribution in [2.45, 2.75) is 10.8 Å². The molecule has 0 saturated heterocycles. The molecule has 0 aliphatic heterocycles. The fourth-order valence-electron chi connectivity index (χ4n) is 1.19. The van der Waals surface area contributed by atoms with Crippen LogP contribution in [0.2, 0.25) is 0 Å². The predicted molar refractivity (Wildman–Crippen MR) is 65.5 cm³/mol. The summed E-state index contributed by atoms with van der Waals surface area (Å²) in [7, 11) is 1.70. The Bertz CT molecular complexity index is 305. The second-order valence-corrected chi connectivity index (χ2v) is 4.69. The van der Waals surface area contributed by atoms with E-state index in [0.29, 0.717) is 3.92 Å². The molecule has 0 amide bonds. The summed E-state index contributed by atoms with van der Waals surface area (Å²) in [5, 5.41) is 0. The number of benzene rings is 1. The number of hydrogen-bond acceptors (Lipinski definition) is 1. The summed E-state index contributed by atoms with van der Waals surface area (Å²) < 4.78 is 5.72. The van der Waals surface area contributed by atoms with Crippen LogP contribution in [0.5, 0.6) is 5.75 Å². The molecule has 0 aliphatic carbocycles. The van der Waals surface area contributed by atoms with Gasteiger partial charge in [-0.15, -0.1) is 0 Å². The SMILES string of the molecule is C=Cc1ccc(OC)c(C(C)I)c1. The molecule has 1 aromatic carbocycles. The van der Waals surface area contributed by atoms with E-state index in [0.717, 1.165) is 11.3 Å². The first-order valence-electron chi connectivity index (χ1n) is 4.13.